The molecule has 1 heterocycles. The van der Waals surface area contributed by atoms with E-state index in [1.807, 2.05) is 5.32 Å². The minimum atomic E-state index is -5.92. The largest absolute Gasteiger partial charge is 0.458 e. The standard InChI is InChI=1S/C18H13F8NO3S2/c1-3-12-11(8-14(31-12)16(19,20)18(24,25)26)27-15(28)10-6-5-9(17(21,22)23)7-13(10)32(29,30)4-2/h3,5-8H,1,4H2,2H3,(H,27,28). The van der Waals surface area contributed by atoms with Crippen LogP contribution in [0.1, 0.15) is 32.6 Å². The van der Waals surface area contributed by atoms with E-state index >= 15 is 0 Å². The van der Waals surface area contributed by atoms with Crippen LogP contribution < -0.4 is 5.32 Å². The third kappa shape index (κ3) is 4.95. The summed E-state index contributed by atoms with van der Waals surface area (Å²) in [4.78, 5) is 9.85. The number of amides is 1. The van der Waals surface area contributed by atoms with E-state index in [1.54, 1.807) is 0 Å². The monoisotopic (exact) mass is 507 g/mol. The first-order valence-corrected chi connectivity index (χ1v) is 10.9. The van der Waals surface area contributed by atoms with Gasteiger partial charge in [0, 0.05) is 0 Å². The molecule has 1 aromatic carbocycles. The topological polar surface area (TPSA) is 63.2 Å². The van der Waals surface area contributed by atoms with E-state index in [0.29, 0.717) is 18.2 Å². The van der Waals surface area contributed by atoms with Gasteiger partial charge in [-0.05, 0) is 24.3 Å². The number of rotatable bonds is 6. The predicted octanol–water partition coefficient (Wildman–Crippen LogP) is 6.11. The Bertz CT molecular complexity index is 1150. The zero-order valence-electron chi connectivity index (χ0n) is 15.9. The Hall–Kier alpha value is -2.48. The number of carbonyl (C=O) groups excluding carboxylic acids is 1. The van der Waals surface area contributed by atoms with Crippen LogP contribution in [-0.4, -0.2) is 26.3 Å². The summed E-state index contributed by atoms with van der Waals surface area (Å²) < 4.78 is 129. The average molecular weight is 507 g/mol. The highest BCUT2D eigenvalue weighted by atomic mass is 32.2. The Morgan fingerprint density at radius 3 is 2.16 bits per heavy atom. The van der Waals surface area contributed by atoms with Gasteiger partial charge in [-0.2, -0.15) is 35.1 Å². The molecule has 2 rings (SSSR count). The van der Waals surface area contributed by atoms with Crippen molar-refractivity contribution in [3.63, 3.8) is 0 Å². The molecule has 0 radical (unpaired) electrons. The number of hydrogen-bond donors (Lipinski definition) is 1. The Labute approximate surface area is 180 Å². The highest BCUT2D eigenvalue weighted by molar-refractivity contribution is 7.91. The molecule has 0 unspecified atom stereocenters. The Morgan fingerprint density at radius 2 is 1.69 bits per heavy atom. The van der Waals surface area contributed by atoms with Gasteiger partial charge in [-0.15, -0.1) is 11.3 Å². The summed E-state index contributed by atoms with van der Waals surface area (Å²) in [6, 6.07) is 1.60. The first-order valence-electron chi connectivity index (χ1n) is 8.42. The van der Waals surface area contributed by atoms with Crippen LogP contribution in [0.4, 0.5) is 40.8 Å². The third-order valence-corrected chi connectivity index (χ3v) is 7.10. The summed E-state index contributed by atoms with van der Waals surface area (Å²) in [5.41, 5.74) is -2.64. The quantitative estimate of drug-likeness (QED) is 0.480. The zero-order valence-corrected chi connectivity index (χ0v) is 17.5. The normalized spacial score (nSPS) is 13.2. The fourth-order valence-corrected chi connectivity index (χ4v) is 4.51. The molecule has 2 aromatic rings. The summed E-state index contributed by atoms with van der Waals surface area (Å²) in [7, 11) is -4.35. The molecule has 0 spiro atoms. The molecule has 0 bridgehead atoms. The van der Waals surface area contributed by atoms with Gasteiger partial charge < -0.3 is 5.32 Å². The SMILES string of the molecule is C=Cc1sc(C(F)(F)C(F)(F)F)cc1NC(=O)c1ccc(C(F)(F)F)cc1S(=O)(=O)CC. The van der Waals surface area contributed by atoms with Crippen LogP contribution in [0, 0.1) is 0 Å². The minimum absolute atomic E-state index is 0.0192. The number of halogens is 8. The van der Waals surface area contributed by atoms with Gasteiger partial charge in [-0.25, -0.2) is 8.42 Å². The van der Waals surface area contributed by atoms with Crippen molar-refractivity contribution in [2.24, 2.45) is 0 Å². The second-order valence-corrected chi connectivity index (χ2v) is 9.56. The molecule has 0 saturated heterocycles. The minimum Gasteiger partial charge on any atom is -0.321 e. The number of hydrogen-bond acceptors (Lipinski definition) is 4. The van der Waals surface area contributed by atoms with E-state index < -0.39 is 66.4 Å². The molecule has 176 valence electrons. The molecule has 0 atom stereocenters. The summed E-state index contributed by atoms with van der Waals surface area (Å²) in [5.74, 6) is -7.23. The van der Waals surface area contributed by atoms with Gasteiger partial charge in [0.1, 0.15) is 0 Å². The first-order chi connectivity index (χ1) is 14.5. The molecule has 0 saturated carbocycles. The molecule has 0 aliphatic heterocycles. The molecule has 0 fully saturated rings. The number of alkyl halides is 8. The van der Waals surface area contributed by atoms with Gasteiger partial charge in [0.15, 0.2) is 9.84 Å². The van der Waals surface area contributed by atoms with Gasteiger partial charge in [0.25, 0.3) is 5.91 Å². The fraction of sp³-hybridized carbons (Fsp3) is 0.278. The molecule has 1 amide bonds. The van der Waals surface area contributed by atoms with Gasteiger partial charge in [0.05, 0.1) is 37.2 Å². The molecular formula is C18H13F8NO3S2. The highest BCUT2D eigenvalue weighted by Gasteiger charge is 2.59. The van der Waals surface area contributed by atoms with E-state index in [-0.39, 0.29) is 22.3 Å². The number of carbonyl (C=O) groups is 1. The predicted molar refractivity (Wildman–Crippen MR) is 101 cm³/mol. The van der Waals surface area contributed by atoms with Crippen LogP contribution in [-0.2, 0) is 21.9 Å². The second kappa shape index (κ2) is 8.46. The Kier molecular flexibility index (Phi) is 6.82. The maximum Gasteiger partial charge on any atom is 0.458 e. The van der Waals surface area contributed by atoms with Crippen LogP contribution in [0.15, 0.2) is 35.7 Å². The van der Waals surface area contributed by atoms with Crippen molar-refractivity contribution in [3.05, 3.63) is 51.7 Å². The Balaban J connectivity index is 2.55. The van der Waals surface area contributed by atoms with Crippen molar-refractivity contribution in [2.75, 3.05) is 11.1 Å². The number of thiophene rings is 1. The van der Waals surface area contributed by atoms with Crippen molar-refractivity contribution in [1.82, 2.24) is 0 Å². The van der Waals surface area contributed by atoms with E-state index in [2.05, 4.69) is 6.58 Å². The molecule has 4 nitrogen and oxygen atoms in total. The average Bonchev–Trinajstić information content (AvgIpc) is 3.09. The lowest BCUT2D eigenvalue weighted by molar-refractivity contribution is -0.287. The number of nitrogens with one attached hydrogen (secondary N) is 1. The summed E-state index contributed by atoms with van der Waals surface area (Å²) in [6.45, 7) is 4.37. The summed E-state index contributed by atoms with van der Waals surface area (Å²) in [6.07, 6.45) is -9.96. The number of sulfone groups is 1. The van der Waals surface area contributed by atoms with Crippen molar-refractivity contribution in [3.8, 4) is 0 Å². The van der Waals surface area contributed by atoms with Crippen molar-refractivity contribution in [2.45, 2.75) is 30.1 Å². The highest BCUT2D eigenvalue weighted by Crippen LogP contribution is 2.48. The van der Waals surface area contributed by atoms with Gasteiger partial charge in [0.2, 0.25) is 0 Å². The summed E-state index contributed by atoms with van der Waals surface area (Å²) in [5, 5.41) is 1.97. The van der Waals surface area contributed by atoms with Gasteiger partial charge >= 0.3 is 18.3 Å². The second-order valence-electron chi connectivity index (χ2n) is 6.23. The lowest BCUT2D eigenvalue weighted by Gasteiger charge is -2.17. The maximum absolute atomic E-state index is 13.6. The number of benzene rings is 1. The van der Waals surface area contributed by atoms with Crippen molar-refractivity contribution in [1.29, 1.82) is 0 Å². The molecule has 1 N–H and O–H groups in total. The first kappa shape index (κ1) is 25.8. The molecule has 1 aromatic heterocycles. The van der Waals surface area contributed by atoms with Crippen molar-refractivity contribution < 1.29 is 48.3 Å². The molecule has 0 aliphatic carbocycles. The third-order valence-electron chi connectivity index (χ3n) is 4.13. The van der Waals surface area contributed by atoms with E-state index in [1.165, 1.54) is 0 Å². The molecule has 0 aliphatic rings. The maximum atomic E-state index is 13.6. The molecular weight excluding hydrogens is 494 g/mol. The smallest absolute Gasteiger partial charge is 0.321 e. The van der Waals surface area contributed by atoms with Gasteiger partial charge in [-0.3, -0.25) is 4.79 Å². The van der Waals surface area contributed by atoms with Crippen LogP contribution >= 0.6 is 11.3 Å². The number of anilines is 1. The van der Waals surface area contributed by atoms with Crippen LogP contribution in [0.3, 0.4) is 0 Å². The lowest BCUT2D eigenvalue weighted by atomic mass is 10.1. The van der Waals surface area contributed by atoms with E-state index in [4.69, 9.17) is 0 Å². The van der Waals surface area contributed by atoms with Crippen LogP contribution in [0.25, 0.3) is 6.08 Å². The van der Waals surface area contributed by atoms with Crippen LogP contribution in [0.2, 0.25) is 0 Å². The molecule has 14 heteroatoms. The fourth-order valence-electron chi connectivity index (χ4n) is 2.44. The van der Waals surface area contributed by atoms with E-state index in [0.717, 1.165) is 13.0 Å². The van der Waals surface area contributed by atoms with E-state index in [9.17, 15) is 48.3 Å². The summed E-state index contributed by atoms with van der Waals surface area (Å²) >= 11 is -0.0192. The van der Waals surface area contributed by atoms with Crippen LogP contribution in [0.5, 0.6) is 0 Å². The van der Waals surface area contributed by atoms with Crippen molar-refractivity contribution >= 4 is 38.8 Å². The lowest BCUT2D eigenvalue weighted by Crippen LogP contribution is -2.32. The zero-order chi connectivity index (χ0) is 24.7. The van der Waals surface area contributed by atoms with Gasteiger partial charge in [-0.1, -0.05) is 19.6 Å². The Morgan fingerprint density at radius 1 is 1.09 bits per heavy atom. The molecule has 32 heavy (non-hydrogen) atoms.